The summed E-state index contributed by atoms with van der Waals surface area (Å²) in [6.45, 7) is 6.95. The number of anilines is 1. The van der Waals surface area contributed by atoms with Crippen LogP contribution in [0.3, 0.4) is 0 Å². The van der Waals surface area contributed by atoms with Crippen LogP contribution in [0.4, 0.5) is 5.69 Å². The lowest BCUT2D eigenvalue weighted by atomic mass is 10.0. The van der Waals surface area contributed by atoms with Crippen molar-refractivity contribution in [3.63, 3.8) is 0 Å². The van der Waals surface area contributed by atoms with Crippen LogP contribution in [0, 0.1) is 5.92 Å². The van der Waals surface area contributed by atoms with Gasteiger partial charge in [0.2, 0.25) is 11.8 Å². The Bertz CT molecular complexity index is 975. The maximum atomic E-state index is 13.0. The number of benzene rings is 1. The number of ketones is 1. The standard InChI is InChI=1S/C27H39N5O4/c1-3-21(28)27(36)32-17-23(33)25-22(32)11-15-31(25)24(34)16-18(2)10-12-29-26(35)19-6-8-20(9-7-19)30-13-4-5-14-30/h6-9,18,21-22,25H,3-5,10-17,28H2,1-2H3,(H,29,35). The molecule has 0 spiro atoms. The number of carbonyl (C=O) groups is 4. The molecule has 3 saturated heterocycles. The number of hydrogen-bond donors (Lipinski definition) is 2. The first-order valence-corrected chi connectivity index (χ1v) is 13.3. The maximum absolute atomic E-state index is 13.0. The molecule has 1 aromatic carbocycles. The van der Waals surface area contributed by atoms with Gasteiger partial charge in [-0.15, -0.1) is 0 Å². The van der Waals surface area contributed by atoms with Crippen molar-refractivity contribution in [3.8, 4) is 0 Å². The van der Waals surface area contributed by atoms with Crippen molar-refractivity contribution >= 4 is 29.2 Å². The number of nitrogens with one attached hydrogen (secondary N) is 1. The van der Waals surface area contributed by atoms with Crippen molar-refractivity contribution in [2.24, 2.45) is 11.7 Å². The van der Waals surface area contributed by atoms with Gasteiger partial charge in [0.15, 0.2) is 5.78 Å². The minimum absolute atomic E-state index is 0.0340. The summed E-state index contributed by atoms with van der Waals surface area (Å²) in [6, 6.07) is 6.29. The van der Waals surface area contributed by atoms with Gasteiger partial charge in [-0.05, 0) is 62.3 Å². The predicted octanol–water partition coefficient (Wildman–Crippen LogP) is 1.55. The third-order valence-electron chi connectivity index (χ3n) is 7.83. The average Bonchev–Trinajstić information content (AvgIpc) is 3.62. The molecule has 0 aromatic heterocycles. The van der Waals surface area contributed by atoms with Crippen LogP contribution in [-0.2, 0) is 14.4 Å². The SMILES string of the molecule is CCC(N)C(=O)N1CC(=O)C2C1CCN2C(=O)CC(C)CCNC(=O)c1ccc(N2CCCC2)cc1. The van der Waals surface area contributed by atoms with E-state index in [0.29, 0.717) is 44.3 Å². The molecular formula is C27H39N5O4. The van der Waals surface area contributed by atoms with Crippen LogP contribution in [0.1, 0.15) is 62.7 Å². The van der Waals surface area contributed by atoms with Gasteiger partial charge in [0.1, 0.15) is 6.04 Å². The summed E-state index contributed by atoms with van der Waals surface area (Å²) in [5.41, 5.74) is 7.69. The highest BCUT2D eigenvalue weighted by Crippen LogP contribution is 2.31. The van der Waals surface area contributed by atoms with Crippen molar-refractivity contribution in [1.82, 2.24) is 15.1 Å². The molecule has 4 atom stereocenters. The van der Waals surface area contributed by atoms with E-state index in [1.54, 1.807) is 9.80 Å². The summed E-state index contributed by atoms with van der Waals surface area (Å²) in [7, 11) is 0. The van der Waals surface area contributed by atoms with E-state index in [9.17, 15) is 19.2 Å². The van der Waals surface area contributed by atoms with Crippen molar-refractivity contribution in [3.05, 3.63) is 29.8 Å². The summed E-state index contributed by atoms with van der Waals surface area (Å²) < 4.78 is 0. The van der Waals surface area contributed by atoms with E-state index in [1.165, 1.54) is 12.8 Å². The Labute approximate surface area is 213 Å². The van der Waals surface area contributed by atoms with Gasteiger partial charge in [0.25, 0.3) is 5.91 Å². The lowest BCUT2D eigenvalue weighted by Crippen LogP contribution is -2.47. The van der Waals surface area contributed by atoms with Gasteiger partial charge in [-0.3, -0.25) is 19.2 Å². The fourth-order valence-electron chi connectivity index (χ4n) is 5.63. The lowest BCUT2D eigenvalue weighted by Gasteiger charge is -2.26. The minimum atomic E-state index is -0.612. The summed E-state index contributed by atoms with van der Waals surface area (Å²) in [5, 5.41) is 2.95. The van der Waals surface area contributed by atoms with E-state index in [0.717, 1.165) is 18.8 Å². The summed E-state index contributed by atoms with van der Waals surface area (Å²) >= 11 is 0. The number of fused-ring (bicyclic) bond motifs is 1. The average molecular weight is 498 g/mol. The first-order valence-electron chi connectivity index (χ1n) is 13.3. The van der Waals surface area contributed by atoms with Crippen LogP contribution < -0.4 is 16.0 Å². The minimum Gasteiger partial charge on any atom is -0.372 e. The van der Waals surface area contributed by atoms with Gasteiger partial charge < -0.3 is 25.8 Å². The number of nitrogens with two attached hydrogens (primary N) is 1. The van der Waals surface area contributed by atoms with Crippen LogP contribution in [0.25, 0.3) is 0 Å². The van der Waals surface area contributed by atoms with Crippen LogP contribution in [0.2, 0.25) is 0 Å². The number of rotatable bonds is 9. The smallest absolute Gasteiger partial charge is 0.251 e. The number of carbonyl (C=O) groups excluding carboxylic acids is 4. The molecule has 4 rings (SSSR count). The molecule has 3 heterocycles. The van der Waals surface area contributed by atoms with Gasteiger partial charge in [0, 0.05) is 43.9 Å². The fourth-order valence-corrected chi connectivity index (χ4v) is 5.63. The molecule has 3 aliphatic rings. The second-order valence-electron chi connectivity index (χ2n) is 10.4. The zero-order chi connectivity index (χ0) is 25.8. The topological polar surface area (TPSA) is 116 Å². The van der Waals surface area contributed by atoms with Crippen molar-refractivity contribution < 1.29 is 19.2 Å². The molecule has 0 radical (unpaired) electrons. The molecule has 9 heteroatoms. The highest BCUT2D eigenvalue weighted by Gasteiger charge is 2.51. The molecule has 0 saturated carbocycles. The molecule has 3 fully saturated rings. The maximum Gasteiger partial charge on any atom is 0.251 e. The van der Waals surface area contributed by atoms with Crippen LogP contribution in [-0.4, -0.2) is 84.2 Å². The summed E-state index contributed by atoms with van der Waals surface area (Å²) in [6.07, 6.45) is 4.51. The Balaban J connectivity index is 1.22. The van der Waals surface area contributed by atoms with E-state index in [1.807, 2.05) is 38.1 Å². The van der Waals surface area contributed by atoms with E-state index >= 15 is 0 Å². The van der Waals surface area contributed by atoms with Gasteiger partial charge >= 0.3 is 0 Å². The first-order chi connectivity index (χ1) is 17.3. The molecular weight excluding hydrogens is 458 g/mol. The zero-order valence-electron chi connectivity index (χ0n) is 21.4. The molecule has 4 unspecified atom stereocenters. The van der Waals surface area contributed by atoms with Crippen molar-refractivity contribution in [1.29, 1.82) is 0 Å². The molecule has 3 aliphatic heterocycles. The van der Waals surface area contributed by atoms with E-state index in [-0.39, 0.29) is 42.0 Å². The van der Waals surface area contributed by atoms with Gasteiger partial charge in [-0.1, -0.05) is 13.8 Å². The molecule has 3 amide bonds. The van der Waals surface area contributed by atoms with Gasteiger partial charge in [-0.25, -0.2) is 0 Å². The molecule has 0 bridgehead atoms. The number of likely N-dealkylation sites (tertiary alicyclic amines) is 2. The second kappa shape index (κ2) is 11.4. The van der Waals surface area contributed by atoms with Gasteiger partial charge in [-0.2, -0.15) is 0 Å². The molecule has 196 valence electrons. The lowest BCUT2D eigenvalue weighted by molar-refractivity contribution is -0.137. The highest BCUT2D eigenvalue weighted by molar-refractivity contribution is 5.98. The Hall–Kier alpha value is -2.94. The number of amides is 3. The molecule has 36 heavy (non-hydrogen) atoms. The van der Waals surface area contributed by atoms with E-state index in [4.69, 9.17) is 5.73 Å². The third kappa shape index (κ3) is 5.56. The van der Waals surface area contributed by atoms with Gasteiger partial charge in [0.05, 0.1) is 18.6 Å². The van der Waals surface area contributed by atoms with Crippen LogP contribution in [0.5, 0.6) is 0 Å². The molecule has 3 N–H and O–H groups in total. The Kier molecular flexibility index (Phi) is 8.28. The van der Waals surface area contributed by atoms with Crippen LogP contribution >= 0.6 is 0 Å². The Morgan fingerprint density at radius 2 is 1.78 bits per heavy atom. The van der Waals surface area contributed by atoms with E-state index in [2.05, 4.69) is 10.2 Å². The second-order valence-corrected chi connectivity index (χ2v) is 10.4. The Morgan fingerprint density at radius 3 is 2.44 bits per heavy atom. The zero-order valence-corrected chi connectivity index (χ0v) is 21.4. The van der Waals surface area contributed by atoms with Crippen LogP contribution in [0.15, 0.2) is 24.3 Å². The first kappa shape index (κ1) is 26.1. The Morgan fingerprint density at radius 1 is 1.08 bits per heavy atom. The largest absolute Gasteiger partial charge is 0.372 e. The molecule has 9 nitrogen and oxygen atoms in total. The summed E-state index contributed by atoms with van der Waals surface area (Å²) in [4.78, 5) is 56.4. The fraction of sp³-hybridized carbons (Fsp3) is 0.630. The highest BCUT2D eigenvalue weighted by atomic mass is 16.2. The normalized spacial score (nSPS) is 23.1. The molecule has 0 aliphatic carbocycles. The van der Waals surface area contributed by atoms with E-state index < -0.39 is 12.1 Å². The third-order valence-corrected chi connectivity index (χ3v) is 7.83. The molecule has 1 aromatic rings. The number of Topliss-reactive ketones (excluding diaryl/α,β-unsaturated/α-hetero) is 1. The van der Waals surface area contributed by atoms with Crippen molar-refractivity contribution in [2.75, 3.05) is 37.6 Å². The predicted molar refractivity (Wildman–Crippen MR) is 138 cm³/mol. The quantitative estimate of drug-likeness (QED) is 0.535. The number of nitrogens with zero attached hydrogens (tertiary/aromatic N) is 3. The summed E-state index contributed by atoms with van der Waals surface area (Å²) in [5.74, 6) is -0.422. The van der Waals surface area contributed by atoms with Crippen molar-refractivity contribution in [2.45, 2.75) is 70.5 Å². The number of hydrogen-bond acceptors (Lipinski definition) is 6. The monoisotopic (exact) mass is 497 g/mol.